The molecule has 3 aromatic heterocycles. The van der Waals surface area contributed by atoms with E-state index in [4.69, 9.17) is 5.73 Å². The Bertz CT molecular complexity index is 881. The molecule has 3 aromatic rings. The first-order valence-corrected chi connectivity index (χ1v) is 9.54. The Hall–Kier alpha value is -2.58. The van der Waals surface area contributed by atoms with E-state index >= 15 is 0 Å². The van der Waals surface area contributed by atoms with Gasteiger partial charge in [0.25, 0.3) is 5.91 Å². The highest BCUT2D eigenvalue weighted by molar-refractivity contribution is 8.00. The van der Waals surface area contributed by atoms with Crippen LogP contribution in [0.2, 0.25) is 0 Å². The van der Waals surface area contributed by atoms with Gasteiger partial charge in [0.05, 0.1) is 27.0 Å². The van der Waals surface area contributed by atoms with Gasteiger partial charge in [-0.05, 0) is 42.7 Å². The monoisotopic (exact) mass is 371 g/mol. The van der Waals surface area contributed by atoms with Crippen molar-refractivity contribution in [1.29, 1.82) is 0 Å². The Morgan fingerprint density at radius 2 is 2.12 bits per heavy atom. The molecule has 6 nitrogen and oxygen atoms in total. The molecule has 1 amide bonds. The lowest BCUT2D eigenvalue weighted by molar-refractivity contribution is 0.103. The maximum Gasteiger partial charge on any atom is 0.265 e. The molecular formula is C17H17N5OS2. The maximum absolute atomic E-state index is 12.3. The molecule has 0 bridgehead atoms. The number of thiophene rings is 1. The summed E-state index contributed by atoms with van der Waals surface area (Å²) in [5.41, 5.74) is 8.05. The van der Waals surface area contributed by atoms with E-state index in [0.717, 1.165) is 15.6 Å². The summed E-state index contributed by atoms with van der Waals surface area (Å²) < 4.78 is 1.11. The van der Waals surface area contributed by atoms with Crippen molar-refractivity contribution in [2.75, 3.05) is 22.6 Å². The first-order valence-electron chi connectivity index (χ1n) is 7.50. The van der Waals surface area contributed by atoms with Crippen LogP contribution >= 0.6 is 23.1 Å². The second-order valence-corrected chi connectivity index (χ2v) is 7.29. The molecule has 0 aliphatic carbocycles. The zero-order valence-corrected chi connectivity index (χ0v) is 15.2. The van der Waals surface area contributed by atoms with Crippen molar-refractivity contribution in [3.8, 4) is 0 Å². The van der Waals surface area contributed by atoms with Crippen molar-refractivity contribution in [2.24, 2.45) is 0 Å². The second kappa shape index (κ2) is 8.00. The minimum atomic E-state index is -0.119. The molecule has 4 N–H and O–H groups in total. The summed E-state index contributed by atoms with van der Waals surface area (Å²) in [5, 5.41) is 6.09. The van der Waals surface area contributed by atoms with Crippen molar-refractivity contribution in [1.82, 2.24) is 9.97 Å². The van der Waals surface area contributed by atoms with Gasteiger partial charge in [-0.3, -0.25) is 9.78 Å². The van der Waals surface area contributed by atoms with Crippen LogP contribution in [0.3, 0.4) is 0 Å². The predicted octanol–water partition coefficient (Wildman–Crippen LogP) is 3.71. The number of rotatable bonds is 6. The Kier molecular flexibility index (Phi) is 5.52. The van der Waals surface area contributed by atoms with Crippen LogP contribution in [-0.4, -0.2) is 22.1 Å². The van der Waals surface area contributed by atoms with E-state index in [1.165, 1.54) is 11.3 Å². The number of aromatic nitrogens is 2. The van der Waals surface area contributed by atoms with Crippen LogP contribution in [0.25, 0.3) is 0 Å². The van der Waals surface area contributed by atoms with Gasteiger partial charge in [0.2, 0.25) is 0 Å². The van der Waals surface area contributed by atoms with Crippen molar-refractivity contribution >= 4 is 46.2 Å². The van der Waals surface area contributed by atoms with E-state index in [2.05, 4.69) is 20.6 Å². The Labute approximate surface area is 153 Å². The number of hydrogen-bond donors (Lipinski definition) is 3. The number of pyridine rings is 2. The van der Waals surface area contributed by atoms with Crippen LogP contribution in [0, 0.1) is 0 Å². The summed E-state index contributed by atoms with van der Waals surface area (Å²) in [7, 11) is 0. The summed E-state index contributed by atoms with van der Waals surface area (Å²) in [6, 6.07) is 11.1. The molecule has 0 atom stereocenters. The minimum absolute atomic E-state index is 0.119. The average Bonchev–Trinajstić information content (AvgIpc) is 3.11. The summed E-state index contributed by atoms with van der Waals surface area (Å²) >= 11 is 3.10. The molecule has 0 aliphatic heterocycles. The Balaban J connectivity index is 1.65. The third-order valence-electron chi connectivity index (χ3n) is 3.38. The van der Waals surface area contributed by atoms with Gasteiger partial charge in [0.1, 0.15) is 5.82 Å². The topological polar surface area (TPSA) is 92.9 Å². The highest BCUT2D eigenvalue weighted by atomic mass is 32.2. The summed E-state index contributed by atoms with van der Waals surface area (Å²) in [6.45, 7) is 0.481. The molecule has 3 rings (SSSR count). The molecule has 0 saturated carbocycles. The maximum atomic E-state index is 12.3. The van der Waals surface area contributed by atoms with Gasteiger partial charge in [0.15, 0.2) is 0 Å². The summed E-state index contributed by atoms with van der Waals surface area (Å²) in [6.07, 6.45) is 5.30. The normalized spacial score (nSPS) is 10.4. The van der Waals surface area contributed by atoms with Gasteiger partial charge in [0, 0.05) is 18.1 Å². The standard InChI is InChI=1S/C17H17N5OS2/c1-24-15-5-4-14(25-15)17(23)22-11-6-8-19-12(9-11)10-21-13-3-2-7-20-16(13)18/h2-9,21H,10H2,1H3,(H2,18,20)(H,19,22,23). The van der Waals surface area contributed by atoms with Gasteiger partial charge in [-0.15, -0.1) is 23.1 Å². The van der Waals surface area contributed by atoms with Crippen molar-refractivity contribution in [2.45, 2.75) is 10.8 Å². The summed E-state index contributed by atoms with van der Waals surface area (Å²) in [5.74, 6) is 0.321. The Morgan fingerprint density at radius 3 is 2.88 bits per heavy atom. The van der Waals surface area contributed by atoms with Gasteiger partial charge >= 0.3 is 0 Å². The lowest BCUT2D eigenvalue weighted by Crippen LogP contribution is -2.11. The predicted molar refractivity (Wildman–Crippen MR) is 104 cm³/mol. The van der Waals surface area contributed by atoms with Crippen molar-refractivity contribution < 1.29 is 4.79 Å². The molecule has 0 aromatic carbocycles. The minimum Gasteiger partial charge on any atom is -0.382 e. The SMILES string of the molecule is CSc1ccc(C(=O)Nc2ccnc(CNc3cccnc3N)c2)s1. The number of amides is 1. The number of nitrogen functional groups attached to an aromatic ring is 1. The summed E-state index contributed by atoms with van der Waals surface area (Å²) in [4.78, 5) is 21.3. The highest BCUT2D eigenvalue weighted by Crippen LogP contribution is 2.25. The largest absolute Gasteiger partial charge is 0.382 e. The van der Waals surface area contributed by atoms with Crippen molar-refractivity contribution in [3.05, 3.63) is 59.4 Å². The fourth-order valence-corrected chi connectivity index (χ4v) is 3.59. The number of carbonyl (C=O) groups excluding carboxylic acids is 1. The van der Waals surface area contributed by atoms with Crippen LogP contribution < -0.4 is 16.4 Å². The number of nitrogens with two attached hydrogens (primary N) is 1. The smallest absolute Gasteiger partial charge is 0.265 e. The molecule has 0 saturated heterocycles. The Morgan fingerprint density at radius 1 is 1.24 bits per heavy atom. The van der Waals surface area contributed by atoms with Crippen molar-refractivity contribution in [3.63, 3.8) is 0 Å². The first kappa shape index (κ1) is 17.2. The quantitative estimate of drug-likeness (QED) is 0.572. The fourth-order valence-electron chi connectivity index (χ4n) is 2.15. The molecule has 0 radical (unpaired) electrons. The second-order valence-electron chi connectivity index (χ2n) is 5.10. The number of hydrogen-bond acceptors (Lipinski definition) is 7. The molecule has 0 fully saturated rings. The molecule has 8 heteroatoms. The lowest BCUT2D eigenvalue weighted by Gasteiger charge is -2.09. The van der Waals surface area contributed by atoms with Crippen LogP contribution in [0.4, 0.5) is 17.2 Å². The number of anilines is 3. The molecule has 3 heterocycles. The van der Waals surface area contributed by atoms with Crippen LogP contribution in [0.1, 0.15) is 15.4 Å². The average molecular weight is 371 g/mol. The van der Waals surface area contributed by atoms with E-state index in [9.17, 15) is 4.79 Å². The third kappa shape index (κ3) is 4.49. The zero-order valence-electron chi connectivity index (χ0n) is 13.5. The molecule has 128 valence electrons. The van der Waals surface area contributed by atoms with E-state index in [0.29, 0.717) is 22.9 Å². The molecule has 0 spiro atoms. The number of thioether (sulfide) groups is 1. The van der Waals surface area contributed by atoms with E-state index in [1.807, 2.05) is 36.6 Å². The molecule has 0 unspecified atom stereocenters. The van der Waals surface area contributed by atoms with E-state index < -0.39 is 0 Å². The van der Waals surface area contributed by atoms with Gasteiger partial charge in [-0.25, -0.2) is 4.98 Å². The van der Waals surface area contributed by atoms with E-state index in [1.54, 1.807) is 30.2 Å². The first-order chi connectivity index (χ1) is 12.2. The van der Waals surface area contributed by atoms with Gasteiger partial charge < -0.3 is 16.4 Å². The number of nitrogens with zero attached hydrogens (tertiary/aromatic N) is 2. The highest BCUT2D eigenvalue weighted by Gasteiger charge is 2.10. The van der Waals surface area contributed by atoms with Crippen LogP contribution in [0.15, 0.2) is 53.0 Å². The number of nitrogens with one attached hydrogen (secondary N) is 2. The third-order valence-corrected chi connectivity index (χ3v) is 5.55. The molecule has 25 heavy (non-hydrogen) atoms. The lowest BCUT2D eigenvalue weighted by atomic mass is 10.3. The molecular weight excluding hydrogens is 354 g/mol. The zero-order chi connectivity index (χ0) is 17.6. The van der Waals surface area contributed by atoms with E-state index in [-0.39, 0.29) is 5.91 Å². The van der Waals surface area contributed by atoms with Gasteiger partial charge in [-0.1, -0.05) is 0 Å². The fraction of sp³-hybridized carbons (Fsp3) is 0.118. The number of carbonyl (C=O) groups is 1. The van der Waals surface area contributed by atoms with Crippen LogP contribution in [0.5, 0.6) is 0 Å². The van der Waals surface area contributed by atoms with Gasteiger partial charge in [-0.2, -0.15) is 0 Å². The van der Waals surface area contributed by atoms with Crippen LogP contribution in [-0.2, 0) is 6.54 Å². The molecule has 0 aliphatic rings.